The van der Waals surface area contributed by atoms with Crippen molar-refractivity contribution in [1.29, 1.82) is 0 Å². The van der Waals surface area contributed by atoms with Gasteiger partial charge in [0.1, 0.15) is 17.1 Å². The molecule has 5 heterocycles. The molecule has 198 valence electrons. The molecule has 1 aliphatic carbocycles. The van der Waals surface area contributed by atoms with Gasteiger partial charge in [-0.2, -0.15) is 0 Å². The first-order chi connectivity index (χ1) is 20.8. The number of hydrogen-bond acceptors (Lipinski definition) is 7. The first kappa shape index (κ1) is 23.0. The van der Waals surface area contributed by atoms with Crippen molar-refractivity contribution in [2.45, 2.75) is 13.0 Å². The van der Waals surface area contributed by atoms with Gasteiger partial charge in [0.15, 0.2) is 23.3 Å². The van der Waals surface area contributed by atoms with Gasteiger partial charge in [-0.05, 0) is 6.42 Å². The van der Waals surface area contributed by atoms with E-state index in [9.17, 15) is 0 Å². The Balaban J connectivity index is 1.49. The lowest BCUT2D eigenvalue weighted by molar-refractivity contribution is 1.01. The second-order valence-electron chi connectivity index (χ2n) is 10.4. The van der Waals surface area contributed by atoms with Crippen molar-refractivity contribution in [3.8, 4) is 22.8 Å². The van der Waals surface area contributed by atoms with Crippen LogP contribution >= 0.6 is 0 Å². The lowest BCUT2D eigenvalue weighted by Crippen LogP contribution is -2.08. The Hall–Kier alpha value is -5.76. The molecule has 8 bridgehead atoms. The number of H-pyrrole nitrogens is 1. The Bertz CT molecular complexity index is 2290. The summed E-state index contributed by atoms with van der Waals surface area (Å²) in [7, 11) is 0. The Morgan fingerprint density at radius 2 is 1.05 bits per heavy atom. The summed E-state index contributed by atoms with van der Waals surface area (Å²) in [5, 5.41) is 7.41. The van der Waals surface area contributed by atoms with Crippen molar-refractivity contribution in [2.24, 2.45) is 0 Å². The molecule has 0 saturated heterocycles. The minimum Gasteiger partial charge on any atom is -0.364 e. The lowest BCUT2D eigenvalue weighted by Gasteiger charge is -2.14. The average molecular weight is 543 g/mol. The van der Waals surface area contributed by atoms with Crippen LogP contribution in [0.4, 0.5) is 5.82 Å². The molecule has 8 heteroatoms. The van der Waals surface area contributed by atoms with E-state index in [0.29, 0.717) is 41.1 Å². The number of hydrogen-bond donors (Lipinski definition) is 2. The molecule has 2 N–H and O–H groups in total. The zero-order chi connectivity index (χ0) is 27.6. The molecule has 0 spiro atoms. The number of allylic oxidation sites excluding steroid dienone is 6. The summed E-state index contributed by atoms with van der Waals surface area (Å²) in [6, 6.07) is 24.4. The maximum Gasteiger partial charge on any atom is 0.164 e. The summed E-state index contributed by atoms with van der Waals surface area (Å²) in [5.41, 5.74) is 6.07. The van der Waals surface area contributed by atoms with E-state index in [0.717, 1.165) is 61.8 Å². The molecule has 4 aliphatic rings. The summed E-state index contributed by atoms with van der Waals surface area (Å²) in [5.74, 6) is 3.25. The van der Waals surface area contributed by atoms with Gasteiger partial charge in [0.05, 0.1) is 12.2 Å². The van der Waals surface area contributed by atoms with Crippen molar-refractivity contribution in [2.75, 3.05) is 5.32 Å². The first-order valence-corrected chi connectivity index (χ1v) is 13.9. The minimum atomic E-state index is 0.504. The largest absolute Gasteiger partial charge is 0.364 e. The smallest absolute Gasteiger partial charge is 0.164 e. The van der Waals surface area contributed by atoms with E-state index in [1.165, 1.54) is 0 Å². The second-order valence-corrected chi connectivity index (χ2v) is 10.4. The molecule has 0 atom stereocenters. The van der Waals surface area contributed by atoms with Crippen molar-refractivity contribution in [3.05, 3.63) is 114 Å². The van der Waals surface area contributed by atoms with Gasteiger partial charge >= 0.3 is 0 Å². The molecule has 2 aromatic heterocycles. The summed E-state index contributed by atoms with van der Waals surface area (Å²) in [4.78, 5) is 33.7. The molecule has 0 fully saturated rings. The lowest BCUT2D eigenvalue weighted by atomic mass is 10.1. The number of nitrogens with zero attached hydrogens (tertiary/aromatic N) is 6. The fourth-order valence-corrected chi connectivity index (χ4v) is 5.94. The molecule has 3 aromatic carbocycles. The molecule has 0 amide bonds. The van der Waals surface area contributed by atoms with Gasteiger partial charge in [0.2, 0.25) is 0 Å². The van der Waals surface area contributed by atoms with Crippen LogP contribution in [0.25, 0.3) is 66.8 Å². The predicted molar refractivity (Wildman–Crippen MR) is 166 cm³/mol. The van der Waals surface area contributed by atoms with E-state index in [-0.39, 0.29) is 0 Å². The highest BCUT2D eigenvalue weighted by atomic mass is 15.1. The number of benzene rings is 3. The number of fused-ring (bicyclic) bond motifs is 14. The zero-order valence-electron chi connectivity index (χ0n) is 22.3. The predicted octanol–water partition coefficient (Wildman–Crippen LogP) is 6.97. The summed E-state index contributed by atoms with van der Waals surface area (Å²) in [6.45, 7) is 0.504. The van der Waals surface area contributed by atoms with Crippen LogP contribution < -0.4 is 5.32 Å². The van der Waals surface area contributed by atoms with Crippen LogP contribution in [0.3, 0.4) is 0 Å². The third-order valence-corrected chi connectivity index (χ3v) is 7.93. The molecule has 3 aliphatic heterocycles. The number of rotatable bonds is 0. The minimum absolute atomic E-state index is 0.504. The zero-order valence-corrected chi connectivity index (χ0v) is 22.3. The molecular weight excluding hydrogens is 520 g/mol. The molecular formula is C34H22N8. The second kappa shape index (κ2) is 8.87. The number of anilines is 1. The first-order valence-electron chi connectivity index (χ1n) is 13.9. The SMILES string of the molecule is C1=CC2=C(C=CC1)c1nc2nc2c3ccccc3c(nc3nc(nc4[nH]c(n1)c1ccccc41)-c1ccccc1-3)NC2. The van der Waals surface area contributed by atoms with Gasteiger partial charge < -0.3 is 10.3 Å². The molecule has 0 saturated carbocycles. The Morgan fingerprint density at radius 1 is 0.500 bits per heavy atom. The van der Waals surface area contributed by atoms with Crippen molar-refractivity contribution in [3.63, 3.8) is 0 Å². The average Bonchev–Trinajstić information content (AvgIpc) is 3.57. The quantitative estimate of drug-likeness (QED) is 0.214. The van der Waals surface area contributed by atoms with Crippen LogP contribution in [0.1, 0.15) is 23.8 Å². The van der Waals surface area contributed by atoms with Gasteiger partial charge in [-0.1, -0.05) is 97.1 Å². The molecule has 8 nitrogen and oxygen atoms in total. The highest BCUT2D eigenvalue weighted by Crippen LogP contribution is 2.36. The Labute approximate surface area is 240 Å². The number of aromatic nitrogens is 7. The molecule has 9 rings (SSSR count). The van der Waals surface area contributed by atoms with Crippen LogP contribution in [0.2, 0.25) is 0 Å². The highest BCUT2D eigenvalue weighted by molar-refractivity contribution is 6.05. The van der Waals surface area contributed by atoms with E-state index < -0.39 is 0 Å². The van der Waals surface area contributed by atoms with E-state index in [2.05, 4.69) is 52.8 Å². The van der Waals surface area contributed by atoms with Gasteiger partial charge in [-0.3, -0.25) is 0 Å². The summed E-state index contributed by atoms with van der Waals surface area (Å²) >= 11 is 0. The number of nitrogens with one attached hydrogen (secondary N) is 2. The van der Waals surface area contributed by atoms with E-state index >= 15 is 0 Å². The molecule has 5 aromatic rings. The van der Waals surface area contributed by atoms with Crippen LogP contribution in [-0.4, -0.2) is 34.9 Å². The number of aromatic amines is 1. The monoisotopic (exact) mass is 542 g/mol. The summed E-state index contributed by atoms with van der Waals surface area (Å²) < 4.78 is 0. The van der Waals surface area contributed by atoms with E-state index in [1.54, 1.807) is 0 Å². The van der Waals surface area contributed by atoms with Gasteiger partial charge in [0, 0.05) is 43.8 Å². The molecule has 0 radical (unpaired) electrons. The third kappa shape index (κ3) is 3.48. The third-order valence-electron chi connectivity index (χ3n) is 7.93. The van der Waals surface area contributed by atoms with Crippen molar-refractivity contribution < 1.29 is 0 Å². The van der Waals surface area contributed by atoms with Gasteiger partial charge in [-0.25, -0.2) is 29.9 Å². The Kier molecular flexibility index (Phi) is 4.86. The topological polar surface area (TPSA) is 105 Å². The van der Waals surface area contributed by atoms with Crippen LogP contribution in [0.15, 0.2) is 97.1 Å². The van der Waals surface area contributed by atoms with Crippen molar-refractivity contribution in [1.82, 2.24) is 34.9 Å². The maximum absolute atomic E-state index is 5.13. The summed E-state index contributed by atoms with van der Waals surface area (Å²) in [6.07, 6.45) is 9.30. The molecule has 42 heavy (non-hydrogen) atoms. The van der Waals surface area contributed by atoms with Crippen LogP contribution in [0, 0.1) is 0 Å². The fraction of sp³-hybridized carbons (Fsp3) is 0.0588. The van der Waals surface area contributed by atoms with Crippen LogP contribution in [0.5, 0.6) is 0 Å². The highest BCUT2D eigenvalue weighted by Gasteiger charge is 2.23. The normalized spacial score (nSPS) is 14.4. The van der Waals surface area contributed by atoms with Crippen molar-refractivity contribution >= 4 is 49.8 Å². The maximum atomic E-state index is 5.13. The standard InChI is InChI=1S/C34H22N8/c1-2-11-21-22(12-3-1)31-38-29(21)36-27-18-35-28(20-13-5-4-10-19(20)27)37-30-23-14-6-7-15-24(23)32(39-30)41-34-26-17-9-8-16-25(26)33(40-31)42-34/h2-17H,1,18H2,(H2,35,36,37,38,39,40,41,42). The Morgan fingerprint density at radius 3 is 1.76 bits per heavy atom. The fourth-order valence-electron chi connectivity index (χ4n) is 5.94. The van der Waals surface area contributed by atoms with E-state index in [4.69, 9.17) is 29.9 Å². The molecule has 0 unspecified atom stereocenters. The van der Waals surface area contributed by atoms with Crippen LogP contribution in [-0.2, 0) is 6.54 Å². The van der Waals surface area contributed by atoms with Gasteiger partial charge in [0.25, 0.3) is 0 Å². The van der Waals surface area contributed by atoms with Gasteiger partial charge in [-0.15, -0.1) is 0 Å². The van der Waals surface area contributed by atoms with E-state index in [1.807, 2.05) is 54.6 Å².